The monoisotopic (exact) mass is 346 g/mol. The molecule has 2 N–H and O–H groups in total. The van der Waals surface area contributed by atoms with Crippen molar-refractivity contribution in [1.82, 2.24) is 5.32 Å². The molecule has 0 fully saturated rings. The van der Waals surface area contributed by atoms with E-state index >= 15 is 0 Å². The Morgan fingerprint density at radius 1 is 1.08 bits per heavy atom. The van der Waals surface area contributed by atoms with Crippen LogP contribution in [0.3, 0.4) is 0 Å². The van der Waals surface area contributed by atoms with Crippen LogP contribution in [0.4, 0.5) is 5.69 Å². The Morgan fingerprint density at radius 3 is 2.16 bits per heavy atom. The number of ether oxygens (including phenoxy) is 2. The molecule has 0 bridgehead atoms. The lowest BCUT2D eigenvalue weighted by Gasteiger charge is -2.34. The number of hydrogen-bond donors (Lipinski definition) is 2. The zero-order valence-corrected chi connectivity index (χ0v) is 15.8. The lowest BCUT2D eigenvalue weighted by Crippen LogP contribution is -2.55. The average Bonchev–Trinajstić information content (AvgIpc) is 2.56. The van der Waals surface area contributed by atoms with Crippen molar-refractivity contribution in [2.24, 2.45) is 0 Å². The van der Waals surface area contributed by atoms with Crippen LogP contribution in [0.15, 0.2) is 48.9 Å². The lowest BCUT2D eigenvalue weighted by atomic mass is 9.88. The quantitative estimate of drug-likeness (QED) is 0.473. The number of rotatable bonds is 11. The second kappa shape index (κ2) is 9.77. The molecule has 0 saturated heterocycles. The summed E-state index contributed by atoms with van der Waals surface area (Å²) >= 11 is 0. The van der Waals surface area contributed by atoms with Crippen molar-refractivity contribution in [2.75, 3.05) is 25.1 Å². The minimum Gasteiger partial charge on any atom is -0.496 e. The van der Waals surface area contributed by atoms with Gasteiger partial charge in [0.2, 0.25) is 0 Å². The van der Waals surface area contributed by atoms with Crippen LogP contribution in [-0.2, 0) is 20.7 Å². The van der Waals surface area contributed by atoms with Crippen LogP contribution in [0.5, 0.6) is 0 Å². The maximum atomic E-state index is 12.8. The van der Waals surface area contributed by atoms with E-state index in [9.17, 15) is 4.79 Å². The normalized spacial score (nSPS) is 12.6. The summed E-state index contributed by atoms with van der Waals surface area (Å²) < 4.78 is 10.9. The van der Waals surface area contributed by atoms with E-state index in [-0.39, 0.29) is 6.61 Å². The molecule has 0 spiro atoms. The van der Waals surface area contributed by atoms with E-state index in [4.69, 9.17) is 9.47 Å². The molecule has 5 nitrogen and oxygen atoms in total. The molecule has 1 aromatic carbocycles. The molecule has 5 heteroatoms. The smallest absolute Gasteiger partial charge is 0.340 e. The largest absolute Gasteiger partial charge is 0.496 e. The molecule has 0 aliphatic rings. The van der Waals surface area contributed by atoms with Crippen LogP contribution in [-0.4, -0.2) is 31.3 Å². The fourth-order valence-electron chi connectivity index (χ4n) is 2.62. The van der Waals surface area contributed by atoms with Gasteiger partial charge in [-0.1, -0.05) is 25.3 Å². The Kier molecular flexibility index (Phi) is 8.05. The van der Waals surface area contributed by atoms with Crippen LogP contribution in [0.2, 0.25) is 0 Å². The maximum absolute atomic E-state index is 12.8. The Hall–Kier alpha value is -2.43. The third-order valence-corrected chi connectivity index (χ3v) is 3.65. The van der Waals surface area contributed by atoms with Crippen molar-refractivity contribution in [3.8, 4) is 0 Å². The van der Waals surface area contributed by atoms with Crippen LogP contribution in [0, 0.1) is 0 Å². The zero-order valence-electron chi connectivity index (χ0n) is 15.8. The first-order chi connectivity index (χ1) is 11.9. The summed E-state index contributed by atoms with van der Waals surface area (Å²) in [6.07, 6.45) is 0.351. The van der Waals surface area contributed by atoms with Crippen LogP contribution in [0.25, 0.3) is 0 Å². The molecule has 1 aromatic rings. The van der Waals surface area contributed by atoms with Crippen LogP contribution >= 0.6 is 0 Å². The molecule has 0 amide bonds. The average molecular weight is 346 g/mol. The minimum absolute atomic E-state index is 0.275. The first-order valence-corrected chi connectivity index (χ1v) is 8.65. The lowest BCUT2D eigenvalue weighted by molar-refractivity contribution is -0.150. The first-order valence-electron chi connectivity index (χ1n) is 8.65. The molecule has 138 valence electrons. The van der Waals surface area contributed by atoms with Gasteiger partial charge in [0.15, 0.2) is 5.54 Å². The number of benzene rings is 1. The number of esters is 1. The molecule has 1 rings (SSSR count). The minimum atomic E-state index is -1.21. The highest BCUT2D eigenvalue weighted by atomic mass is 16.5. The number of nitrogens with one attached hydrogen (secondary N) is 2. The van der Waals surface area contributed by atoms with Crippen LogP contribution < -0.4 is 10.6 Å². The maximum Gasteiger partial charge on any atom is 0.340 e. The number of allylic oxidation sites excluding steroid dienone is 1. The Balaban J connectivity index is 3.23. The van der Waals surface area contributed by atoms with Gasteiger partial charge in [-0.3, -0.25) is 0 Å². The SMILES string of the molecule is C=C(C)NC(Cc1ccc(NCC)cc1)(C(=C)OCC)C(=O)OCC. The third-order valence-electron chi connectivity index (χ3n) is 3.65. The molecule has 0 heterocycles. The second-order valence-corrected chi connectivity index (χ2v) is 5.79. The fourth-order valence-corrected chi connectivity index (χ4v) is 2.62. The van der Waals surface area contributed by atoms with E-state index in [1.54, 1.807) is 13.8 Å². The van der Waals surface area contributed by atoms with E-state index in [1.165, 1.54) is 0 Å². The van der Waals surface area contributed by atoms with E-state index in [0.29, 0.717) is 24.5 Å². The van der Waals surface area contributed by atoms with E-state index < -0.39 is 11.5 Å². The Bertz CT molecular complexity index is 575. The molecular formula is C20H30N2O3. The summed E-state index contributed by atoms with van der Waals surface area (Å²) in [5, 5.41) is 6.39. The number of carbonyl (C=O) groups is 1. The zero-order chi connectivity index (χ0) is 18.9. The standard InChI is InChI=1S/C20H30N2O3/c1-7-21-18-12-10-17(11-13-18)14-20(22-15(4)5,16(6)24-8-2)19(23)25-9-3/h10-13,21-22H,4,6-9,14H2,1-3,5H3. The van der Waals surface area contributed by atoms with Gasteiger partial charge >= 0.3 is 5.97 Å². The van der Waals surface area contributed by atoms with E-state index in [0.717, 1.165) is 17.8 Å². The summed E-state index contributed by atoms with van der Waals surface area (Å²) in [5.41, 5.74) is 1.42. The van der Waals surface area contributed by atoms with E-state index in [2.05, 4.69) is 23.8 Å². The van der Waals surface area contributed by atoms with Crippen molar-refractivity contribution in [1.29, 1.82) is 0 Å². The highest BCUT2D eigenvalue weighted by Gasteiger charge is 2.44. The number of anilines is 1. The summed E-state index contributed by atoms with van der Waals surface area (Å²) in [6.45, 7) is 16.9. The Labute approximate surface area is 151 Å². The molecule has 0 saturated carbocycles. The molecule has 1 unspecified atom stereocenters. The summed E-state index contributed by atoms with van der Waals surface area (Å²) in [7, 11) is 0. The van der Waals surface area contributed by atoms with Gasteiger partial charge in [0.25, 0.3) is 0 Å². The van der Waals surface area contributed by atoms with Crippen molar-refractivity contribution >= 4 is 11.7 Å². The van der Waals surface area contributed by atoms with Gasteiger partial charge in [-0.2, -0.15) is 0 Å². The van der Waals surface area contributed by atoms with Crippen molar-refractivity contribution in [3.63, 3.8) is 0 Å². The van der Waals surface area contributed by atoms with E-state index in [1.807, 2.05) is 38.1 Å². The van der Waals surface area contributed by atoms with Crippen LogP contribution in [0.1, 0.15) is 33.3 Å². The topological polar surface area (TPSA) is 59.6 Å². The van der Waals surface area contributed by atoms with Gasteiger partial charge in [-0.15, -0.1) is 0 Å². The van der Waals surface area contributed by atoms with Gasteiger partial charge < -0.3 is 20.1 Å². The summed E-state index contributed by atoms with van der Waals surface area (Å²) in [5.74, 6) is -0.0978. The van der Waals surface area contributed by atoms with Crippen molar-refractivity contribution in [2.45, 2.75) is 39.7 Å². The number of hydrogen-bond acceptors (Lipinski definition) is 5. The summed E-state index contributed by atoms with van der Waals surface area (Å²) in [6, 6.07) is 7.93. The predicted octanol–water partition coefficient (Wildman–Crippen LogP) is 3.64. The molecular weight excluding hydrogens is 316 g/mol. The summed E-state index contributed by atoms with van der Waals surface area (Å²) in [4.78, 5) is 12.8. The van der Waals surface area contributed by atoms with Crippen molar-refractivity contribution < 1.29 is 14.3 Å². The molecule has 1 atom stereocenters. The first kappa shape index (κ1) is 20.6. The molecule has 0 aromatic heterocycles. The van der Waals surface area contributed by atoms with Gasteiger partial charge in [-0.05, 0) is 45.4 Å². The Morgan fingerprint density at radius 2 is 1.68 bits per heavy atom. The highest BCUT2D eigenvalue weighted by Crippen LogP contribution is 2.26. The molecule has 25 heavy (non-hydrogen) atoms. The van der Waals surface area contributed by atoms with Gasteiger partial charge in [0.05, 0.1) is 13.2 Å². The molecule has 0 radical (unpaired) electrons. The number of carbonyl (C=O) groups excluding carboxylic acids is 1. The molecule has 0 aliphatic heterocycles. The van der Waals surface area contributed by atoms with Gasteiger partial charge in [0, 0.05) is 24.4 Å². The molecule has 0 aliphatic carbocycles. The predicted molar refractivity (Wildman–Crippen MR) is 102 cm³/mol. The fraction of sp³-hybridized carbons (Fsp3) is 0.450. The second-order valence-electron chi connectivity index (χ2n) is 5.79. The third kappa shape index (κ3) is 5.55. The van der Waals surface area contributed by atoms with Gasteiger partial charge in [0.1, 0.15) is 5.76 Å². The van der Waals surface area contributed by atoms with Gasteiger partial charge in [-0.25, -0.2) is 4.79 Å². The van der Waals surface area contributed by atoms with Crippen molar-refractivity contribution in [3.05, 3.63) is 54.4 Å². The highest BCUT2D eigenvalue weighted by molar-refractivity contribution is 5.85.